The molecule has 1 heterocycles. The van der Waals surface area contributed by atoms with Crippen LogP contribution in [0.15, 0.2) is 29.2 Å². The Morgan fingerprint density at radius 3 is 2.47 bits per heavy atom. The number of aryl methyl sites for hydroxylation is 1. The lowest BCUT2D eigenvalue weighted by Crippen LogP contribution is -2.53. The van der Waals surface area contributed by atoms with E-state index in [1.165, 1.54) is 4.31 Å². The van der Waals surface area contributed by atoms with Crippen LogP contribution < -0.4 is 0 Å². The summed E-state index contributed by atoms with van der Waals surface area (Å²) in [5.74, 6) is -1.49. The fourth-order valence-electron chi connectivity index (χ4n) is 2.17. The van der Waals surface area contributed by atoms with Crippen molar-refractivity contribution in [2.45, 2.75) is 18.7 Å². The minimum Gasteiger partial charge on any atom is -0.481 e. The summed E-state index contributed by atoms with van der Waals surface area (Å²) in [7, 11) is -3.48. The Balaban J connectivity index is 2.13. The van der Waals surface area contributed by atoms with Gasteiger partial charge in [0.25, 0.3) is 0 Å². The largest absolute Gasteiger partial charge is 0.481 e. The van der Waals surface area contributed by atoms with Crippen LogP contribution in [0.25, 0.3) is 0 Å². The first-order valence-electron chi connectivity index (χ1n) is 6.12. The van der Waals surface area contributed by atoms with E-state index in [1.54, 1.807) is 38.1 Å². The molecule has 0 amide bonds. The number of sulfonamides is 1. The van der Waals surface area contributed by atoms with Gasteiger partial charge in [-0.3, -0.25) is 4.79 Å². The van der Waals surface area contributed by atoms with E-state index in [2.05, 4.69) is 0 Å². The maximum atomic E-state index is 12.4. The van der Waals surface area contributed by atoms with Crippen molar-refractivity contribution in [1.29, 1.82) is 0 Å². The molecule has 1 aromatic carbocycles. The van der Waals surface area contributed by atoms with Crippen molar-refractivity contribution >= 4 is 16.0 Å². The SMILES string of the molecule is Cc1ccccc1S(=O)(=O)N1CC(C(C)C(=O)O)C1. The van der Waals surface area contributed by atoms with Crippen LogP contribution in [0.1, 0.15) is 12.5 Å². The molecule has 0 bridgehead atoms. The van der Waals surface area contributed by atoms with Gasteiger partial charge < -0.3 is 5.11 Å². The van der Waals surface area contributed by atoms with E-state index in [0.717, 1.165) is 0 Å². The minimum atomic E-state index is -3.48. The van der Waals surface area contributed by atoms with Crippen molar-refractivity contribution in [2.75, 3.05) is 13.1 Å². The fourth-order valence-corrected chi connectivity index (χ4v) is 3.95. The van der Waals surface area contributed by atoms with E-state index >= 15 is 0 Å². The summed E-state index contributed by atoms with van der Waals surface area (Å²) in [5.41, 5.74) is 0.706. The summed E-state index contributed by atoms with van der Waals surface area (Å²) in [6.45, 7) is 3.93. The molecule has 1 aliphatic rings. The van der Waals surface area contributed by atoms with Gasteiger partial charge >= 0.3 is 5.97 Å². The maximum Gasteiger partial charge on any atom is 0.306 e. The number of rotatable bonds is 4. The molecule has 104 valence electrons. The van der Waals surface area contributed by atoms with E-state index in [4.69, 9.17) is 5.11 Å². The van der Waals surface area contributed by atoms with E-state index in [0.29, 0.717) is 10.5 Å². The van der Waals surface area contributed by atoms with Crippen molar-refractivity contribution in [1.82, 2.24) is 4.31 Å². The number of carbonyl (C=O) groups is 1. The highest BCUT2D eigenvalue weighted by atomic mass is 32.2. The monoisotopic (exact) mass is 283 g/mol. The van der Waals surface area contributed by atoms with Gasteiger partial charge in [0.15, 0.2) is 0 Å². The van der Waals surface area contributed by atoms with Crippen molar-refractivity contribution in [3.63, 3.8) is 0 Å². The average Bonchev–Trinajstić information content (AvgIpc) is 2.26. The second-order valence-corrected chi connectivity index (χ2v) is 6.88. The number of aliphatic carboxylic acids is 1. The molecule has 1 unspecified atom stereocenters. The van der Waals surface area contributed by atoms with E-state index in [-0.39, 0.29) is 19.0 Å². The Morgan fingerprint density at radius 1 is 1.37 bits per heavy atom. The van der Waals surface area contributed by atoms with E-state index in [1.807, 2.05) is 0 Å². The molecular formula is C13H17NO4S. The first-order chi connectivity index (χ1) is 8.84. The molecule has 5 nitrogen and oxygen atoms in total. The Morgan fingerprint density at radius 2 is 1.95 bits per heavy atom. The summed E-state index contributed by atoms with van der Waals surface area (Å²) in [6, 6.07) is 6.82. The topological polar surface area (TPSA) is 74.7 Å². The smallest absolute Gasteiger partial charge is 0.306 e. The molecule has 0 aliphatic carbocycles. The van der Waals surface area contributed by atoms with Gasteiger partial charge in [-0.1, -0.05) is 25.1 Å². The Kier molecular flexibility index (Phi) is 3.64. The van der Waals surface area contributed by atoms with Gasteiger partial charge in [0.05, 0.1) is 10.8 Å². The lowest BCUT2D eigenvalue weighted by Gasteiger charge is -2.40. The van der Waals surface area contributed by atoms with Gasteiger partial charge in [0.1, 0.15) is 0 Å². The van der Waals surface area contributed by atoms with E-state index < -0.39 is 21.9 Å². The molecule has 6 heteroatoms. The molecule has 0 radical (unpaired) electrons. The zero-order valence-corrected chi connectivity index (χ0v) is 11.7. The zero-order valence-electron chi connectivity index (χ0n) is 10.9. The molecule has 19 heavy (non-hydrogen) atoms. The predicted molar refractivity (Wildman–Crippen MR) is 70.2 cm³/mol. The van der Waals surface area contributed by atoms with Crippen molar-refractivity contribution in [3.8, 4) is 0 Å². The predicted octanol–water partition coefficient (Wildman–Crippen LogP) is 1.34. The summed E-state index contributed by atoms with van der Waals surface area (Å²) in [4.78, 5) is 11.1. The molecule has 0 saturated carbocycles. The standard InChI is InChI=1S/C13H17NO4S/c1-9-5-3-4-6-12(9)19(17,18)14-7-11(8-14)10(2)13(15)16/h3-6,10-11H,7-8H2,1-2H3,(H,15,16). The van der Waals surface area contributed by atoms with Crippen LogP contribution in [-0.2, 0) is 14.8 Å². The van der Waals surface area contributed by atoms with Gasteiger partial charge in [-0.05, 0) is 24.5 Å². The molecule has 0 aromatic heterocycles. The molecule has 1 aliphatic heterocycles. The summed E-state index contributed by atoms with van der Waals surface area (Å²) in [5, 5.41) is 8.90. The van der Waals surface area contributed by atoms with Gasteiger partial charge in [0, 0.05) is 13.1 Å². The average molecular weight is 283 g/mol. The third-order valence-corrected chi connectivity index (χ3v) is 5.68. The normalized spacial score (nSPS) is 18.8. The molecule has 2 rings (SSSR count). The summed E-state index contributed by atoms with van der Waals surface area (Å²) in [6.07, 6.45) is 0. The lowest BCUT2D eigenvalue weighted by atomic mass is 9.89. The third kappa shape index (κ3) is 2.50. The Labute approximate surface area is 112 Å². The van der Waals surface area contributed by atoms with Gasteiger partial charge in [-0.25, -0.2) is 8.42 Å². The van der Waals surface area contributed by atoms with Crippen LogP contribution in [0.4, 0.5) is 0 Å². The second kappa shape index (κ2) is 4.94. The lowest BCUT2D eigenvalue weighted by molar-refractivity contribution is -0.144. The first-order valence-corrected chi connectivity index (χ1v) is 7.56. The molecule has 0 spiro atoms. The molecule has 1 N–H and O–H groups in total. The number of nitrogens with zero attached hydrogens (tertiary/aromatic N) is 1. The van der Waals surface area contributed by atoms with Gasteiger partial charge in [-0.15, -0.1) is 0 Å². The van der Waals surface area contributed by atoms with Crippen molar-refractivity contribution in [3.05, 3.63) is 29.8 Å². The number of benzene rings is 1. The van der Waals surface area contributed by atoms with E-state index in [9.17, 15) is 13.2 Å². The minimum absolute atomic E-state index is 0.101. The van der Waals surface area contributed by atoms with Crippen molar-refractivity contribution in [2.24, 2.45) is 11.8 Å². The third-order valence-electron chi connectivity index (χ3n) is 3.68. The summed E-state index contributed by atoms with van der Waals surface area (Å²) >= 11 is 0. The fraction of sp³-hybridized carbons (Fsp3) is 0.462. The van der Waals surface area contributed by atoms with Crippen molar-refractivity contribution < 1.29 is 18.3 Å². The van der Waals surface area contributed by atoms with Crippen LogP contribution in [-0.4, -0.2) is 36.9 Å². The molecule has 1 saturated heterocycles. The molecule has 1 aromatic rings. The van der Waals surface area contributed by atoms with Crippen LogP contribution in [0.5, 0.6) is 0 Å². The quantitative estimate of drug-likeness (QED) is 0.904. The Hall–Kier alpha value is -1.40. The van der Waals surface area contributed by atoms with Crippen LogP contribution in [0.3, 0.4) is 0 Å². The van der Waals surface area contributed by atoms with Crippen LogP contribution >= 0.6 is 0 Å². The number of carboxylic acids is 1. The molecule has 1 atom stereocenters. The highest BCUT2D eigenvalue weighted by Gasteiger charge is 2.41. The highest BCUT2D eigenvalue weighted by molar-refractivity contribution is 7.89. The van der Waals surface area contributed by atoms with Crippen LogP contribution in [0.2, 0.25) is 0 Å². The van der Waals surface area contributed by atoms with Crippen LogP contribution in [0, 0.1) is 18.8 Å². The maximum absolute atomic E-state index is 12.4. The molecule has 1 fully saturated rings. The second-order valence-electron chi connectivity index (χ2n) is 4.97. The highest BCUT2D eigenvalue weighted by Crippen LogP contribution is 2.30. The number of hydrogen-bond acceptors (Lipinski definition) is 3. The zero-order chi connectivity index (χ0) is 14.2. The number of hydrogen-bond donors (Lipinski definition) is 1. The first kappa shape index (κ1) is 14.0. The molecular weight excluding hydrogens is 266 g/mol. The van der Waals surface area contributed by atoms with Gasteiger partial charge in [0.2, 0.25) is 10.0 Å². The summed E-state index contributed by atoms with van der Waals surface area (Å²) < 4.78 is 26.1. The Bertz CT molecular complexity index is 590. The number of carboxylic acid groups (broad SMARTS) is 1. The van der Waals surface area contributed by atoms with Gasteiger partial charge in [-0.2, -0.15) is 4.31 Å².